The molecule has 1 aromatic carbocycles. The first kappa shape index (κ1) is 30.1. The van der Waals surface area contributed by atoms with E-state index >= 15 is 0 Å². The number of aliphatic hydroxyl groups is 2. The highest BCUT2D eigenvalue weighted by atomic mass is 32.1. The minimum atomic E-state index is -1.02. The zero-order valence-electron chi connectivity index (χ0n) is 23.6. The number of rotatable bonds is 12. The smallest absolute Gasteiger partial charge is 0.341 e. The van der Waals surface area contributed by atoms with Crippen molar-refractivity contribution >= 4 is 67.4 Å². The van der Waals surface area contributed by atoms with E-state index in [1.807, 2.05) is 33.8 Å². The van der Waals surface area contributed by atoms with Crippen molar-refractivity contribution in [2.24, 2.45) is 0 Å². The third-order valence-corrected chi connectivity index (χ3v) is 9.92. The maximum Gasteiger partial charge on any atom is 0.341 e. The van der Waals surface area contributed by atoms with Gasteiger partial charge >= 0.3 is 15.0 Å². The Bertz CT molecular complexity index is 1290. The van der Waals surface area contributed by atoms with E-state index in [2.05, 4.69) is 19.1 Å². The van der Waals surface area contributed by atoms with E-state index in [1.54, 1.807) is 65.3 Å². The van der Waals surface area contributed by atoms with E-state index in [-0.39, 0.29) is 0 Å². The van der Waals surface area contributed by atoms with Crippen molar-refractivity contribution < 1.29 is 19.5 Å². The van der Waals surface area contributed by atoms with Gasteiger partial charge in [0.2, 0.25) is 0 Å². The molecule has 0 saturated carbocycles. The van der Waals surface area contributed by atoms with E-state index in [0.717, 1.165) is 66.5 Å². The zero-order valence-corrected chi connectivity index (χ0v) is 25.2. The van der Waals surface area contributed by atoms with Crippen LogP contribution in [0.4, 0.5) is 0 Å². The van der Waals surface area contributed by atoms with Crippen LogP contribution in [0.5, 0.6) is 0 Å². The fraction of sp³-hybridized carbons (Fsp3) is 0.607. The molecule has 3 rings (SSSR count). The molecule has 0 fully saturated rings. The van der Waals surface area contributed by atoms with Gasteiger partial charge in [-0.1, -0.05) is 19.8 Å². The van der Waals surface area contributed by atoms with Crippen LogP contribution in [0, 0.1) is 11.3 Å². The molecule has 0 atom stereocenters. The number of aryl methyl sites for hydroxylation is 1. The summed E-state index contributed by atoms with van der Waals surface area (Å²) in [7, 11) is 3.42. The van der Waals surface area contributed by atoms with Crippen LogP contribution in [0.2, 0.25) is 0 Å². The number of hydrogen-bond acceptors (Lipinski definition) is 7. The lowest BCUT2D eigenvalue weighted by Gasteiger charge is -2.37. The standard InChI is InChI=1S/C28H39B2NO4S2/c1-10-11-12-13-17-18-14-21(29-34-27(6,7)25(2,3)32)36-23(18)24-19(20(17)16-31)15-22(37-24)30-35-28(8,9)26(4,5)33/h14-15,32-33H,10-13H2,1-9H3. The van der Waals surface area contributed by atoms with E-state index in [4.69, 9.17) is 9.31 Å². The van der Waals surface area contributed by atoms with Crippen LogP contribution in [-0.2, 0) is 15.7 Å². The number of nitriles is 1. The Morgan fingerprint density at radius 1 is 0.811 bits per heavy atom. The van der Waals surface area contributed by atoms with Crippen LogP contribution in [-0.4, -0.2) is 47.6 Å². The van der Waals surface area contributed by atoms with Crippen LogP contribution in [0.1, 0.15) is 92.7 Å². The molecule has 0 bridgehead atoms. The maximum absolute atomic E-state index is 10.5. The third kappa shape index (κ3) is 6.43. The first-order valence-electron chi connectivity index (χ1n) is 12.9. The lowest BCUT2D eigenvalue weighted by Crippen LogP contribution is -2.49. The molecule has 0 amide bonds. The molecule has 2 N–H and O–H groups in total. The highest BCUT2D eigenvalue weighted by molar-refractivity contribution is 7.34. The molecule has 9 heteroatoms. The SMILES string of the molecule is CCCCCc1c(C#N)c2cc([B]OC(C)(C)C(C)(C)O)sc2c2sc([B]OC(C)(C)C(C)(C)O)cc12. The predicted octanol–water partition coefficient (Wildman–Crippen LogP) is 5.34. The monoisotopic (exact) mass is 539 g/mol. The Kier molecular flexibility index (Phi) is 8.96. The van der Waals surface area contributed by atoms with Crippen molar-refractivity contribution in [1.82, 2.24) is 0 Å². The first-order valence-corrected chi connectivity index (χ1v) is 14.5. The molecule has 0 spiro atoms. The molecule has 0 unspecified atom stereocenters. The van der Waals surface area contributed by atoms with Gasteiger partial charge in [-0.25, -0.2) is 0 Å². The van der Waals surface area contributed by atoms with Gasteiger partial charge in [0, 0.05) is 14.9 Å². The Balaban J connectivity index is 2.08. The second-order valence-corrected chi connectivity index (χ2v) is 14.0. The van der Waals surface area contributed by atoms with Crippen molar-refractivity contribution in [3.05, 3.63) is 23.3 Å². The van der Waals surface area contributed by atoms with Crippen LogP contribution >= 0.6 is 22.7 Å². The summed E-state index contributed by atoms with van der Waals surface area (Å²) in [5, 5.41) is 33.2. The van der Waals surface area contributed by atoms with E-state index in [0.29, 0.717) is 0 Å². The molecule has 0 saturated heterocycles. The van der Waals surface area contributed by atoms with Gasteiger partial charge in [0.05, 0.1) is 37.4 Å². The molecule has 2 aromatic heterocycles. The van der Waals surface area contributed by atoms with Gasteiger partial charge in [0.15, 0.2) is 0 Å². The fourth-order valence-corrected chi connectivity index (χ4v) is 5.85. The second-order valence-electron chi connectivity index (χ2n) is 11.8. The summed E-state index contributed by atoms with van der Waals surface area (Å²) in [6, 6.07) is 6.63. The molecule has 0 aliphatic carbocycles. The number of fused-ring (bicyclic) bond motifs is 3. The summed E-state index contributed by atoms with van der Waals surface area (Å²) in [5.74, 6) is 0. The van der Waals surface area contributed by atoms with Gasteiger partial charge < -0.3 is 19.5 Å². The maximum atomic E-state index is 10.5. The number of hydrogen-bond donors (Lipinski definition) is 2. The number of thiophene rings is 2. The molecular formula is C28H39B2NO4S2. The number of unbranched alkanes of at least 4 members (excludes halogenated alkanes) is 2. The molecule has 5 nitrogen and oxygen atoms in total. The highest BCUT2D eigenvalue weighted by Gasteiger charge is 2.37. The summed E-state index contributed by atoms with van der Waals surface area (Å²) >= 11 is 3.22. The molecule has 37 heavy (non-hydrogen) atoms. The van der Waals surface area contributed by atoms with Crippen molar-refractivity contribution in [2.45, 2.75) is 110 Å². The van der Waals surface area contributed by atoms with Gasteiger partial charge in [-0.15, -0.1) is 22.7 Å². The first-order chi connectivity index (χ1) is 17.0. The van der Waals surface area contributed by atoms with Gasteiger partial charge in [-0.3, -0.25) is 0 Å². The van der Waals surface area contributed by atoms with Crippen molar-refractivity contribution in [2.75, 3.05) is 0 Å². The lowest BCUT2D eigenvalue weighted by molar-refractivity contribution is -0.0892. The second kappa shape index (κ2) is 11.0. The van der Waals surface area contributed by atoms with Gasteiger partial charge in [-0.2, -0.15) is 5.26 Å². The Labute approximate surface area is 231 Å². The molecule has 0 aliphatic rings. The largest absolute Gasteiger partial charge is 0.426 e. The summed E-state index contributed by atoms with van der Waals surface area (Å²) in [6.07, 6.45) is 4.09. The normalized spacial score (nSPS) is 13.4. The molecule has 198 valence electrons. The van der Waals surface area contributed by atoms with Crippen LogP contribution in [0.25, 0.3) is 20.2 Å². The Morgan fingerprint density at radius 3 is 1.70 bits per heavy atom. The lowest BCUT2D eigenvalue weighted by atomic mass is 9.85. The van der Waals surface area contributed by atoms with Crippen molar-refractivity contribution in [3.8, 4) is 6.07 Å². The predicted molar refractivity (Wildman–Crippen MR) is 159 cm³/mol. The van der Waals surface area contributed by atoms with Gasteiger partial charge in [-0.05, 0) is 91.3 Å². The van der Waals surface area contributed by atoms with Gasteiger partial charge in [0.25, 0.3) is 0 Å². The molecular weight excluding hydrogens is 500 g/mol. The molecule has 3 aromatic rings. The quantitative estimate of drug-likeness (QED) is 0.240. The van der Waals surface area contributed by atoms with Crippen LogP contribution in [0.15, 0.2) is 12.1 Å². The number of benzene rings is 1. The summed E-state index contributed by atoms with van der Waals surface area (Å²) in [5.41, 5.74) is -1.78. The Hall–Kier alpha value is -1.40. The zero-order chi connectivity index (χ0) is 27.8. The third-order valence-electron chi connectivity index (χ3n) is 7.63. The number of nitrogens with zero attached hydrogens (tertiary/aromatic N) is 1. The molecule has 0 aliphatic heterocycles. The van der Waals surface area contributed by atoms with Crippen molar-refractivity contribution in [1.29, 1.82) is 5.26 Å². The van der Waals surface area contributed by atoms with E-state index in [9.17, 15) is 15.5 Å². The minimum Gasteiger partial charge on any atom is -0.426 e. The summed E-state index contributed by atoms with van der Waals surface area (Å²) < 4.78 is 16.1. The molecule has 2 radical (unpaired) electrons. The Morgan fingerprint density at radius 2 is 1.27 bits per heavy atom. The van der Waals surface area contributed by atoms with Crippen LogP contribution in [0.3, 0.4) is 0 Å². The van der Waals surface area contributed by atoms with E-state index < -0.39 is 22.4 Å². The van der Waals surface area contributed by atoms with Crippen LogP contribution < -0.4 is 9.55 Å². The van der Waals surface area contributed by atoms with Crippen molar-refractivity contribution in [3.63, 3.8) is 0 Å². The average molecular weight is 539 g/mol. The summed E-state index contributed by atoms with van der Waals surface area (Å²) in [4.78, 5) is 0. The highest BCUT2D eigenvalue weighted by Crippen LogP contribution is 2.39. The minimum absolute atomic E-state index is 0.721. The average Bonchev–Trinajstić information content (AvgIpc) is 3.39. The van der Waals surface area contributed by atoms with E-state index in [1.165, 1.54) is 0 Å². The van der Waals surface area contributed by atoms with Gasteiger partial charge in [0.1, 0.15) is 6.07 Å². The summed E-state index contributed by atoms with van der Waals surface area (Å²) in [6.45, 7) is 16.6. The molecule has 2 heterocycles. The topological polar surface area (TPSA) is 82.7 Å². The fourth-order valence-electron chi connectivity index (χ4n) is 3.62.